The predicted octanol–water partition coefficient (Wildman–Crippen LogP) is 11.1. The van der Waals surface area contributed by atoms with E-state index in [0.29, 0.717) is 67.1 Å². The zero-order chi connectivity index (χ0) is 63.1. The Hall–Kier alpha value is -4.55. The molecule has 29 atom stereocenters. The molecule has 12 aliphatic carbocycles. The molecule has 4 N–H and O–H groups in total. The molecule has 13 heteroatoms. The number of cyclic esters (lactones) is 1. The summed E-state index contributed by atoms with van der Waals surface area (Å²) in [6, 6.07) is 13.3. The maximum Gasteiger partial charge on any atom is 0.339 e. The maximum atomic E-state index is 18.2. The van der Waals surface area contributed by atoms with Crippen LogP contribution in [-0.4, -0.2) is 106 Å². The first-order chi connectivity index (χ1) is 45.6. The molecule has 19 aliphatic rings. The Morgan fingerprint density at radius 2 is 1.78 bits per heavy atom. The molecule has 8 heterocycles. The van der Waals surface area contributed by atoms with Crippen LogP contribution in [0.1, 0.15) is 172 Å². The number of epoxide rings is 1. The lowest BCUT2D eigenvalue weighted by Crippen LogP contribution is -2.84. The number of hydrogen-bond acceptors (Lipinski definition) is 13. The van der Waals surface area contributed by atoms with E-state index in [1.54, 1.807) is 6.26 Å². The fraction of sp³-hybridized carbons (Fsp3) is 0.741. The van der Waals surface area contributed by atoms with E-state index >= 15 is 19.5 Å². The minimum Gasteiger partial charge on any atom is -0.469 e. The quantitative estimate of drug-likeness (QED) is 0.0849. The molecule has 0 amide bonds. The number of ether oxygens (including phenoxy) is 4. The van der Waals surface area contributed by atoms with Crippen molar-refractivity contribution in [2.75, 3.05) is 26.4 Å². The zero-order valence-corrected chi connectivity index (χ0v) is 55.3. The third-order valence-electron chi connectivity index (χ3n) is 33.9. The number of esters is 2. The number of fused-ring (bicyclic) bond motifs is 6. The van der Waals surface area contributed by atoms with Gasteiger partial charge in [0, 0.05) is 52.7 Å². The molecule has 94 heavy (non-hydrogen) atoms. The number of carbonyl (C=O) groups excluding carboxylic acids is 3. The van der Waals surface area contributed by atoms with Gasteiger partial charge in [-0.15, -0.1) is 0 Å². The first kappa shape index (κ1) is 58.4. The second kappa shape index (κ2) is 19.3. The third-order valence-corrected chi connectivity index (χ3v) is 33.9. The van der Waals surface area contributed by atoms with Gasteiger partial charge in [0.1, 0.15) is 29.7 Å². The fourth-order valence-corrected chi connectivity index (χ4v) is 31.3. The fourth-order valence-electron chi connectivity index (χ4n) is 31.3. The summed E-state index contributed by atoms with van der Waals surface area (Å²) in [6.45, 7) is 6.33. The first-order valence-electron chi connectivity index (χ1n) is 38.0. The van der Waals surface area contributed by atoms with Gasteiger partial charge < -0.3 is 43.6 Å². The Morgan fingerprint density at radius 1 is 0.904 bits per heavy atom. The summed E-state index contributed by atoms with van der Waals surface area (Å²) < 4.78 is 38.5. The third kappa shape index (κ3) is 6.57. The van der Waals surface area contributed by atoms with E-state index < -0.39 is 98.6 Å². The Morgan fingerprint density at radius 3 is 2.64 bits per heavy atom. The first-order valence-corrected chi connectivity index (χ1v) is 38.0. The monoisotopic (exact) mass is 1270 g/mol. The van der Waals surface area contributed by atoms with Crippen molar-refractivity contribution in [1.29, 1.82) is 0 Å². The molecule has 0 radical (unpaired) electrons. The summed E-state index contributed by atoms with van der Waals surface area (Å²) in [5.41, 5.74) is -6.42. The van der Waals surface area contributed by atoms with Crippen molar-refractivity contribution in [2.45, 2.75) is 215 Å². The van der Waals surface area contributed by atoms with Crippen LogP contribution >= 0.6 is 0 Å². The van der Waals surface area contributed by atoms with Gasteiger partial charge in [-0.3, -0.25) is 14.9 Å². The van der Waals surface area contributed by atoms with E-state index in [0.717, 1.165) is 109 Å². The lowest BCUT2D eigenvalue weighted by molar-refractivity contribution is -0.315. The van der Waals surface area contributed by atoms with Crippen molar-refractivity contribution in [2.24, 2.45) is 127 Å². The topological polar surface area (TPSA) is 181 Å². The van der Waals surface area contributed by atoms with Gasteiger partial charge in [-0.25, -0.2) is 4.79 Å². The number of ketones is 1. The van der Waals surface area contributed by atoms with Gasteiger partial charge in [-0.2, -0.15) is 0 Å². The largest absolute Gasteiger partial charge is 0.469 e. The van der Waals surface area contributed by atoms with Crippen LogP contribution in [0.15, 0.2) is 83.2 Å². The van der Waals surface area contributed by atoms with Crippen molar-refractivity contribution in [1.82, 2.24) is 10.2 Å². The van der Waals surface area contributed by atoms with Gasteiger partial charge in [0.05, 0.1) is 54.9 Å². The Kier molecular flexibility index (Phi) is 12.0. The van der Waals surface area contributed by atoms with E-state index in [2.05, 4.69) is 96.7 Å². The van der Waals surface area contributed by atoms with Crippen LogP contribution in [0.3, 0.4) is 0 Å². The molecule has 5 saturated heterocycles. The second-order valence-electron chi connectivity index (χ2n) is 36.2. The Bertz CT molecular complexity index is 3750. The molecule has 13 nitrogen and oxygen atoms in total. The Labute approximate surface area is 554 Å². The van der Waals surface area contributed by atoms with Gasteiger partial charge in [0.2, 0.25) is 0 Å². The average Bonchev–Trinajstić information content (AvgIpc) is 1.40. The van der Waals surface area contributed by atoms with E-state index in [4.69, 9.17) is 23.4 Å². The number of nitrogens with one attached hydrogen (secondary N) is 1. The minimum absolute atomic E-state index is 0.0292. The SMILES string of the molecule is C[C@H]1[C@H]2CCC[C@H]2CC[C@@]12C=CC[C@]13O[C@]45C(=C[C@H]21)C[C@H]1CC2(CCCC2)C[C@]12C[C@@H]1C[C@]6(C)[C@]78O[C@@H]7C(=O)O[C@]6(c6ccoc6C[C@@H]([C@@H]6CC[C@H]7[C@H](C=CN9CNC[C@H]79)C6)[C@H](O)CO)CC#C[C@H]6CC[C@@H](Cc7ccccc7)C[C@@H]6[C@]86[C@H](O)C(=O)[C@H]3[C@@]4(COC(=O)[C@@H]25)[C@@H]16. The molecule has 7 aliphatic heterocycles. The van der Waals surface area contributed by atoms with Crippen LogP contribution < -0.4 is 5.32 Å². The average molecular weight is 1280 g/mol. The number of aliphatic hydroxyl groups excluding tert-OH is 3. The summed E-state index contributed by atoms with van der Waals surface area (Å²) in [6.07, 6.45) is 32.1. The van der Waals surface area contributed by atoms with Crippen LogP contribution in [0.4, 0.5) is 0 Å². The van der Waals surface area contributed by atoms with Crippen molar-refractivity contribution in [3.05, 3.63) is 95.6 Å². The van der Waals surface area contributed by atoms with E-state index in [1.165, 1.54) is 43.2 Å². The summed E-state index contributed by atoms with van der Waals surface area (Å²) in [5, 5.41) is 42.3. The minimum atomic E-state index is -1.58. The Balaban J connectivity index is 0.796. The number of hydrogen-bond donors (Lipinski definition) is 4. The lowest BCUT2D eigenvalue weighted by Gasteiger charge is -2.74. The molecule has 498 valence electrons. The van der Waals surface area contributed by atoms with E-state index in [1.807, 2.05) is 6.07 Å². The van der Waals surface area contributed by atoms with Gasteiger partial charge in [-0.05, 0) is 221 Å². The van der Waals surface area contributed by atoms with Crippen molar-refractivity contribution in [3.63, 3.8) is 0 Å². The van der Waals surface area contributed by atoms with Crippen molar-refractivity contribution < 1.29 is 53.1 Å². The maximum absolute atomic E-state index is 18.2. The van der Waals surface area contributed by atoms with Gasteiger partial charge in [0.25, 0.3) is 0 Å². The molecule has 21 rings (SSSR count). The number of Topliss-reactive ketones (excluding diaryl/α,β-unsaturated/α-hetero) is 1. The summed E-state index contributed by atoms with van der Waals surface area (Å²) in [4.78, 5) is 53.5. The van der Waals surface area contributed by atoms with Crippen LogP contribution in [-0.2, 0) is 51.8 Å². The number of benzene rings is 1. The molecule has 9 bridgehead atoms. The number of rotatable bonds is 8. The smallest absolute Gasteiger partial charge is 0.339 e. The highest BCUT2D eigenvalue weighted by atomic mass is 16.7. The normalized spacial score (nSPS) is 53.5. The molecule has 10 saturated carbocycles. The number of nitrogens with zero attached hydrogens (tertiary/aromatic N) is 1. The number of furan rings is 1. The summed E-state index contributed by atoms with van der Waals surface area (Å²) in [7, 11) is 0. The molecular formula is C81H98N2O11. The number of aliphatic hydroxyl groups is 3. The highest BCUT2D eigenvalue weighted by Crippen LogP contribution is 2.92. The van der Waals surface area contributed by atoms with Crippen molar-refractivity contribution >= 4 is 17.7 Å². The van der Waals surface area contributed by atoms with Crippen LogP contribution in [0.5, 0.6) is 0 Å². The highest BCUT2D eigenvalue weighted by Gasteiger charge is 3.00. The second-order valence-corrected chi connectivity index (χ2v) is 36.2. The van der Waals surface area contributed by atoms with Crippen LogP contribution in [0, 0.1) is 139 Å². The summed E-state index contributed by atoms with van der Waals surface area (Å²) in [5.74, 6) is 7.29. The van der Waals surface area contributed by atoms with Crippen LogP contribution in [0.2, 0.25) is 0 Å². The molecule has 1 aromatic carbocycles. The van der Waals surface area contributed by atoms with Crippen molar-refractivity contribution in [3.8, 4) is 11.8 Å². The molecule has 8 spiro atoms. The molecule has 1 aromatic heterocycles. The van der Waals surface area contributed by atoms with E-state index in [-0.39, 0.29) is 77.0 Å². The zero-order valence-electron chi connectivity index (χ0n) is 55.3. The molecule has 2 aromatic rings. The van der Waals surface area contributed by atoms with Crippen LogP contribution in [0.25, 0.3) is 0 Å². The van der Waals surface area contributed by atoms with E-state index in [9.17, 15) is 10.2 Å². The van der Waals surface area contributed by atoms with Gasteiger partial charge in [0.15, 0.2) is 17.5 Å². The van der Waals surface area contributed by atoms with Gasteiger partial charge >= 0.3 is 11.9 Å². The standard InChI is InChI=1S/C81H98N2O11/c1-45-55-15-8-13-48(55)20-28-74(45)25-10-26-77-63(74)35-53-34-54-39-73(23-6-7-24-73)42-75(54)38-52-37-72(2)78(58-22-30-90-62(58)36-57(61(85)41-84)50-18-19-56-51(33-50)21-29-83-44-82-40-60(56)83)27-9-14-49-17-16-47(31-46-11-4-3-5-12-46)32-59(49)79(81(72)69(92-81)71(89)93-78)65(52)76(66(77)64(86)68(79)87)43-91-70(88)67(75)80(53,76)94-77/h3-5,10-12,21-22,25,29-30,35,45,47-52,54-57,59-61,63,65-69,82,84-85,87H,6-8,13,15-20,23-24,26-28,31-34,36-44H2,1-2H3/t45-,47-,48-,49-,50+,51+,52-,54-,55+,56-,57-,59-,60+,61+,63+,65+,66-,67-,68+,69+,72-,74-,75+,76+,77-,78-,79-,80-,81+/m0/s1. The predicted molar refractivity (Wildman–Crippen MR) is 346 cm³/mol. The van der Waals surface area contributed by atoms with Gasteiger partial charge in [-0.1, -0.05) is 106 Å². The molecule has 0 unspecified atom stereocenters. The molecular weight excluding hydrogens is 1180 g/mol. The number of carbonyl (C=O) groups is 3. The lowest BCUT2D eigenvalue weighted by atomic mass is 9.28. The highest BCUT2D eigenvalue weighted by molar-refractivity contribution is 5.94. The molecule has 15 fully saturated rings. The number of allylic oxidation sites excluding steroid dienone is 2. The summed E-state index contributed by atoms with van der Waals surface area (Å²) >= 11 is 0.